The van der Waals surface area contributed by atoms with Gasteiger partial charge in [-0.15, -0.1) is 0 Å². The highest BCUT2D eigenvalue weighted by Gasteiger charge is 2.35. The van der Waals surface area contributed by atoms with Gasteiger partial charge >= 0.3 is 6.18 Å². The number of ether oxygens (including phenoxy) is 2. The summed E-state index contributed by atoms with van der Waals surface area (Å²) in [4.78, 5) is 3.55. The standard InChI is InChI=1S/C9H8F3NO2/c10-9(11,12)7-2-1-3-13-8(7)15-5-6-4-14-6/h1-3,6H,4-5H2. The second-order valence-corrected chi connectivity index (χ2v) is 3.12. The van der Waals surface area contributed by atoms with Gasteiger partial charge in [0.25, 0.3) is 0 Å². The average Bonchev–Trinajstić information content (AvgIpc) is 2.97. The van der Waals surface area contributed by atoms with Gasteiger partial charge in [-0.05, 0) is 12.1 Å². The summed E-state index contributed by atoms with van der Waals surface area (Å²) in [6.07, 6.45) is -3.26. The average molecular weight is 219 g/mol. The molecule has 0 saturated carbocycles. The summed E-state index contributed by atoms with van der Waals surface area (Å²) in [6, 6.07) is 2.17. The fraction of sp³-hybridized carbons (Fsp3) is 0.444. The van der Waals surface area contributed by atoms with Crippen molar-refractivity contribution in [3.63, 3.8) is 0 Å². The van der Waals surface area contributed by atoms with Crippen LogP contribution in [0, 0.1) is 0 Å². The van der Waals surface area contributed by atoms with Crippen LogP contribution in [0.2, 0.25) is 0 Å². The lowest BCUT2D eigenvalue weighted by Crippen LogP contribution is -2.12. The smallest absolute Gasteiger partial charge is 0.421 e. The van der Waals surface area contributed by atoms with Gasteiger partial charge in [0.15, 0.2) is 0 Å². The van der Waals surface area contributed by atoms with Gasteiger partial charge in [0.2, 0.25) is 5.88 Å². The number of rotatable bonds is 3. The minimum atomic E-state index is -4.44. The van der Waals surface area contributed by atoms with Crippen LogP contribution in [0.1, 0.15) is 5.56 Å². The van der Waals surface area contributed by atoms with Gasteiger partial charge in [0, 0.05) is 6.20 Å². The molecule has 1 aromatic rings. The monoisotopic (exact) mass is 219 g/mol. The molecular formula is C9H8F3NO2. The first-order chi connectivity index (χ1) is 7.07. The van der Waals surface area contributed by atoms with Gasteiger partial charge in [0.1, 0.15) is 18.3 Å². The Hall–Kier alpha value is -1.30. The van der Waals surface area contributed by atoms with Crippen LogP contribution in [0.3, 0.4) is 0 Å². The number of hydrogen-bond donors (Lipinski definition) is 0. The van der Waals surface area contributed by atoms with Crippen LogP contribution in [-0.2, 0) is 10.9 Å². The molecule has 0 aliphatic carbocycles. The molecule has 2 rings (SSSR count). The Bertz CT molecular complexity index is 349. The van der Waals surface area contributed by atoms with E-state index in [1.807, 2.05) is 0 Å². The molecule has 15 heavy (non-hydrogen) atoms. The van der Waals surface area contributed by atoms with Gasteiger partial charge in [-0.1, -0.05) is 0 Å². The van der Waals surface area contributed by atoms with Crippen LogP contribution in [0.5, 0.6) is 5.88 Å². The molecule has 0 aromatic carbocycles. The largest absolute Gasteiger partial charge is 0.474 e. The molecule has 1 unspecified atom stereocenters. The Balaban J connectivity index is 2.13. The highest BCUT2D eigenvalue weighted by atomic mass is 19.4. The number of halogens is 3. The number of alkyl halides is 3. The van der Waals surface area contributed by atoms with E-state index in [2.05, 4.69) is 4.98 Å². The van der Waals surface area contributed by atoms with Gasteiger partial charge in [-0.3, -0.25) is 0 Å². The predicted molar refractivity (Wildman–Crippen MR) is 44.5 cm³/mol. The summed E-state index contributed by atoms with van der Waals surface area (Å²) in [5.74, 6) is -0.388. The summed E-state index contributed by atoms with van der Waals surface area (Å²) in [5.41, 5.74) is -0.856. The fourth-order valence-corrected chi connectivity index (χ4v) is 1.06. The third kappa shape index (κ3) is 2.59. The first kappa shape index (κ1) is 10.2. The Morgan fingerprint density at radius 3 is 2.87 bits per heavy atom. The third-order valence-corrected chi connectivity index (χ3v) is 1.88. The number of aromatic nitrogens is 1. The normalized spacial score (nSPS) is 20.1. The van der Waals surface area contributed by atoms with E-state index in [-0.39, 0.29) is 18.6 Å². The predicted octanol–water partition coefficient (Wildman–Crippen LogP) is 1.88. The van der Waals surface area contributed by atoms with Crippen molar-refractivity contribution in [2.75, 3.05) is 13.2 Å². The first-order valence-corrected chi connectivity index (χ1v) is 4.34. The summed E-state index contributed by atoms with van der Waals surface area (Å²) in [6.45, 7) is 0.647. The third-order valence-electron chi connectivity index (χ3n) is 1.88. The quantitative estimate of drug-likeness (QED) is 0.728. The molecule has 6 heteroatoms. The highest BCUT2D eigenvalue weighted by Crippen LogP contribution is 2.34. The Labute approximate surface area is 83.8 Å². The maximum atomic E-state index is 12.4. The van der Waals surface area contributed by atoms with Crippen molar-refractivity contribution in [1.29, 1.82) is 0 Å². The lowest BCUT2D eigenvalue weighted by Gasteiger charge is -2.11. The van der Waals surface area contributed by atoms with Crippen LogP contribution in [-0.4, -0.2) is 24.3 Å². The summed E-state index contributed by atoms with van der Waals surface area (Å²) in [7, 11) is 0. The van der Waals surface area contributed by atoms with E-state index in [9.17, 15) is 13.2 Å². The van der Waals surface area contributed by atoms with E-state index in [1.54, 1.807) is 0 Å². The Morgan fingerprint density at radius 2 is 2.27 bits per heavy atom. The lowest BCUT2D eigenvalue weighted by molar-refractivity contribution is -0.139. The van der Waals surface area contributed by atoms with Crippen LogP contribution < -0.4 is 4.74 Å². The maximum Gasteiger partial charge on any atom is 0.421 e. The van der Waals surface area contributed by atoms with Gasteiger partial charge in [0.05, 0.1) is 6.61 Å². The van der Waals surface area contributed by atoms with E-state index < -0.39 is 11.7 Å². The van der Waals surface area contributed by atoms with Gasteiger partial charge in [-0.25, -0.2) is 4.98 Å². The maximum absolute atomic E-state index is 12.4. The fourth-order valence-electron chi connectivity index (χ4n) is 1.06. The van der Waals surface area contributed by atoms with Gasteiger partial charge < -0.3 is 9.47 Å². The van der Waals surface area contributed by atoms with Crippen molar-refractivity contribution in [2.24, 2.45) is 0 Å². The highest BCUT2D eigenvalue weighted by molar-refractivity contribution is 5.28. The van der Waals surface area contributed by atoms with Crippen LogP contribution in [0.4, 0.5) is 13.2 Å². The number of hydrogen-bond acceptors (Lipinski definition) is 3. The van der Waals surface area contributed by atoms with Crippen LogP contribution in [0.25, 0.3) is 0 Å². The van der Waals surface area contributed by atoms with E-state index >= 15 is 0 Å². The Kier molecular flexibility index (Phi) is 2.52. The van der Waals surface area contributed by atoms with Crippen molar-refractivity contribution in [3.8, 4) is 5.88 Å². The Morgan fingerprint density at radius 1 is 1.53 bits per heavy atom. The van der Waals surface area contributed by atoms with Crippen molar-refractivity contribution in [3.05, 3.63) is 23.9 Å². The number of nitrogens with zero attached hydrogens (tertiary/aromatic N) is 1. The zero-order valence-electron chi connectivity index (χ0n) is 7.62. The molecule has 0 bridgehead atoms. The molecule has 1 aromatic heterocycles. The molecule has 1 aliphatic heterocycles. The topological polar surface area (TPSA) is 34.6 Å². The van der Waals surface area contributed by atoms with E-state index in [0.717, 1.165) is 6.07 Å². The van der Waals surface area contributed by atoms with Crippen LogP contribution in [0.15, 0.2) is 18.3 Å². The number of epoxide rings is 1. The summed E-state index contributed by atoms with van der Waals surface area (Å²) in [5, 5.41) is 0. The van der Waals surface area contributed by atoms with Gasteiger partial charge in [-0.2, -0.15) is 13.2 Å². The van der Waals surface area contributed by atoms with Crippen LogP contribution >= 0.6 is 0 Å². The van der Waals surface area contributed by atoms with E-state index in [0.29, 0.717) is 6.61 Å². The minimum absolute atomic E-state index is 0.0897. The molecule has 0 spiro atoms. The molecule has 0 N–H and O–H groups in total. The summed E-state index contributed by atoms with van der Waals surface area (Å²) >= 11 is 0. The SMILES string of the molecule is FC(F)(F)c1cccnc1OCC1CO1. The number of pyridine rings is 1. The van der Waals surface area contributed by atoms with E-state index in [4.69, 9.17) is 9.47 Å². The molecule has 3 nitrogen and oxygen atoms in total. The second-order valence-electron chi connectivity index (χ2n) is 3.12. The summed E-state index contributed by atoms with van der Waals surface area (Å²) < 4.78 is 47.1. The van der Waals surface area contributed by atoms with Crippen molar-refractivity contribution < 1.29 is 22.6 Å². The first-order valence-electron chi connectivity index (χ1n) is 4.34. The van der Waals surface area contributed by atoms with E-state index in [1.165, 1.54) is 12.3 Å². The minimum Gasteiger partial charge on any atom is -0.474 e. The second kappa shape index (κ2) is 3.69. The zero-order valence-corrected chi connectivity index (χ0v) is 7.62. The molecule has 1 saturated heterocycles. The molecule has 2 heterocycles. The molecule has 0 amide bonds. The van der Waals surface area contributed by atoms with Crippen molar-refractivity contribution in [1.82, 2.24) is 4.98 Å². The van der Waals surface area contributed by atoms with Crippen molar-refractivity contribution >= 4 is 0 Å². The molecule has 1 aliphatic rings. The molecule has 0 radical (unpaired) electrons. The molecular weight excluding hydrogens is 211 g/mol. The molecule has 82 valence electrons. The lowest BCUT2D eigenvalue weighted by atomic mass is 10.2. The zero-order chi connectivity index (χ0) is 10.9. The van der Waals surface area contributed by atoms with Crippen molar-refractivity contribution in [2.45, 2.75) is 12.3 Å². The molecule has 1 atom stereocenters. The molecule has 1 fully saturated rings.